The summed E-state index contributed by atoms with van der Waals surface area (Å²) in [6.07, 6.45) is -15.6. The van der Waals surface area contributed by atoms with E-state index in [2.05, 4.69) is 0 Å². The fourth-order valence-corrected chi connectivity index (χ4v) is 2.49. The quantitative estimate of drug-likeness (QED) is 0.243. The van der Waals surface area contributed by atoms with Crippen LogP contribution in [0.5, 0.6) is 0 Å². The molecule has 11 nitrogen and oxygen atoms in total. The van der Waals surface area contributed by atoms with Gasteiger partial charge < -0.3 is 55.1 Å². The van der Waals surface area contributed by atoms with Gasteiger partial charge in [-0.15, -0.1) is 0 Å². The SMILES string of the molecule is OCC1O[C@@H](O[C@@H]2O[C@H](CO)[C@@H](O)C(O)C2O)C(O)[C@@H](O)[C@@H]1O. The zero-order valence-electron chi connectivity index (χ0n) is 12.0. The van der Waals surface area contributed by atoms with Crippen LogP contribution in [0.1, 0.15) is 0 Å². The maximum absolute atomic E-state index is 9.84. The highest BCUT2D eigenvalue weighted by molar-refractivity contribution is 4.92. The minimum Gasteiger partial charge on any atom is -0.394 e. The average molecular weight is 342 g/mol. The summed E-state index contributed by atoms with van der Waals surface area (Å²) in [5, 5.41) is 76.4. The Morgan fingerprint density at radius 3 is 1.22 bits per heavy atom. The zero-order valence-corrected chi connectivity index (χ0v) is 12.0. The molecule has 0 aromatic heterocycles. The van der Waals surface area contributed by atoms with Gasteiger partial charge in [-0.25, -0.2) is 0 Å². The van der Waals surface area contributed by atoms with Gasteiger partial charge in [-0.1, -0.05) is 0 Å². The smallest absolute Gasteiger partial charge is 0.189 e. The highest BCUT2D eigenvalue weighted by Crippen LogP contribution is 2.27. The van der Waals surface area contributed by atoms with Crippen LogP contribution >= 0.6 is 0 Å². The summed E-state index contributed by atoms with van der Waals surface area (Å²) in [4.78, 5) is 0. The molecule has 2 aliphatic heterocycles. The first-order valence-electron chi connectivity index (χ1n) is 7.08. The summed E-state index contributed by atoms with van der Waals surface area (Å²) in [7, 11) is 0. The molecule has 2 fully saturated rings. The van der Waals surface area contributed by atoms with E-state index in [0.717, 1.165) is 0 Å². The Labute approximate surface area is 130 Å². The molecule has 0 radical (unpaired) electrons. The van der Waals surface area contributed by atoms with Crippen molar-refractivity contribution < 1.29 is 55.1 Å². The van der Waals surface area contributed by atoms with Crippen molar-refractivity contribution >= 4 is 0 Å². The molecular formula is C12H22O11. The molecule has 10 atom stereocenters. The van der Waals surface area contributed by atoms with Crippen LogP contribution in [0.3, 0.4) is 0 Å². The van der Waals surface area contributed by atoms with Gasteiger partial charge in [0.05, 0.1) is 13.2 Å². The lowest BCUT2D eigenvalue weighted by Crippen LogP contribution is -2.63. The van der Waals surface area contributed by atoms with Crippen LogP contribution in [0.2, 0.25) is 0 Å². The molecule has 0 saturated carbocycles. The monoisotopic (exact) mass is 342 g/mol. The van der Waals surface area contributed by atoms with Crippen LogP contribution in [0.15, 0.2) is 0 Å². The third-order valence-electron chi connectivity index (χ3n) is 3.97. The summed E-state index contributed by atoms with van der Waals surface area (Å²) in [5.74, 6) is 0. The number of hydrogen-bond donors (Lipinski definition) is 8. The second-order valence-electron chi connectivity index (χ2n) is 5.53. The molecule has 8 N–H and O–H groups in total. The molecule has 136 valence electrons. The maximum atomic E-state index is 9.84. The van der Waals surface area contributed by atoms with Crippen molar-refractivity contribution in [2.75, 3.05) is 13.2 Å². The van der Waals surface area contributed by atoms with Crippen LogP contribution in [0.4, 0.5) is 0 Å². The van der Waals surface area contributed by atoms with Gasteiger partial charge in [0.1, 0.15) is 48.8 Å². The Balaban J connectivity index is 2.07. The van der Waals surface area contributed by atoms with E-state index in [1.807, 2.05) is 0 Å². The molecule has 0 spiro atoms. The second kappa shape index (κ2) is 7.63. The molecule has 0 aliphatic carbocycles. The summed E-state index contributed by atoms with van der Waals surface area (Å²) in [6, 6.07) is 0. The molecule has 2 heterocycles. The number of aliphatic hydroxyl groups is 8. The number of hydrogen-bond acceptors (Lipinski definition) is 11. The maximum Gasteiger partial charge on any atom is 0.189 e. The Kier molecular flexibility index (Phi) is 6.27. The van der Waals surface area contributed by atoms with Crippen molar-refractivity contribution in [3.63, 3.8) is 0 Å². The highest BCUT2D eigenvalue weighted by Gasteiger charge is 2.49. The van der Waals surface area contributed by atoms with Gasteiger partial charge in [-0.05, 0) is 0 Å². The molecule has 4 unspecified atom stereocenters. The molecule has 2 aliphatic rings. The van der Waals surface area contributed by atoms with Gasteiger partial charge in [0.2, 0.25) is 0 Å². The first-order chi connectivity index (χ1) is 10.8. The number of aliphatic hydroxyl groups excluding tert-OH is 8. The Morgan fingerprint density at radius 1 is 0.565 bits per heavy atom. The molecule has 2 saturated heterocycles. The van der Waals surface area contributed by atoms with E-state index in [1.165, 1.54) is 0 Å². The molecule has 0 bridgehead atoms. The number of ether oxygens (including phenoxy) is 3. The molecule has 11 heteroatoms. The average Bonchev–Trinajstić information content (AvgIpc) is 2.55. The topological polar surface area (TPSA) is 190 Å². The van der Waals surface area contributed by atoms with E-state index in [9.17, 15) is 30.6 Å². The summed E-state index contributed by atoms with van der Waals surface area (Å²) in [6.45, 7) is -1.33. The molecule has 0 aromatic carbocycles. The summed E-state index contributed by atoms with van der Waals surface area (Å²) in [5.41, 5.74) is 0. The van der Waals surface area contributed by atoms with E-state index >= 15 is 0 Å². The fourth-order valence-electron chi connectivity index (χ4n) is 2.49. The van der Waals surface area contributed by atoms with Gasteiger partial charge in [-0.3, -0.25) is 0 Å². The van der Waals surface area contributed by atoms with Gasteiger partial charge in [0.25, 0.3) is 0 Å². The van der Waals surface area contributed by atoms with Crippen LogP contribution in [-0.2, 0) is 14.2 Å². The van der Waals surface area contributed by atoms with Crippen LogP contribution < -0.4 is 0 Å². The number of rotatable bonds is 4. The van der Waals surface area contributed by atoms with Crippen LogP contribution in [0, 0.1) is 0 Å². The van der Waals surface area contributed by atoms with E-state index in [1.54, 1.807) is 0 Å². The Hall–Kier alpha value is -0.440. The van der Waals surface area contributed by atoms with Crippen molar-refractivity contribution in [1.82, 2.24) is 0 Å². The third-order valence-corrected chi connectivity index (χ3v) is 3.97. The summed E-state index contributed by atoms with van der Waals surface area (Å²) >= 11 is 0. The van der Waals surface area contributed by atoms with Crippen molar-refractivity contribution in [3.8, 4) is 0 Å². The van der Waals surface area contributed by atoms with Crippen LogP contribution in [-0.4, -0.2) is 115 Å². The van der Waals surface area contributed by atoms with Crippen LogP contribution in [0.25, 0.3) is 0 Å². The van der Waals surface area contributed by atoms with Gasteiger partial charge in [0.15, 0.2) is 12.6 Å². The predicted octanol–water partition coefficient (Wildman–Crippen LogP) is -5.40. The third kappa shape index (κ3) is 3.65. The molecular weight excluding hydrogens is 320 g/mol. The van der Waals surface area contributed by atoms with Gasteiger partial charge >= 0.3 is 0 Å². The molecule has 23 heavy (non-hydrogen) atoms. The fraction of sp³-hybridized carbons (Fsp3) is 1.00. The van der Waals surface area contributed by atoms with Crippen molar-refractivity contribution in [3.05, 3.63) is 0 Å². The normalized spacial score (nSPS) is 51.7. The lowest BCUT2D eigenvalue weighted by molar-refractivity contribution is -0.376. The molecule has 0 aromatic rings. The van der Waals surface area contributed by atoms with E-state index in [-0.39, 0.29) is 0 Å². The largest absolute Gasteiger partial charge is 0.394 e. The van der Waals surface area contributed by atoms with E-state index < -0.39 is 74.6 Å². The minimum absolute atomic E-state index is 0.667. The van der Waals surface area contributed by atoms with Gasteiger partial charge in [0, 0.05) is 0 Å². The summed E-state index contributed by atoms with van der Waals surface area (Å²) < 4.78 is 15.3. The Bertz CT molecular complexity index is 344. The standard InChI is InChI=1S/C12H22O11/c13-1-3-5(15)7(17)9(19)11(21-3)23-12-10(20)8(18)6(16)4(2-14)22-12/h3-20H,1-2H2/t3-,4?,5-,6-,7?,8+,9?,10?,11+,12+/m1/s1. The highest BCUT2D eigenvalue weighted by atomic mass is 16.8. The first-order valence-corrected chi connectivity index (χ1v) is 7.08. The molecule has 0 amide bonds. The van der Waals surface area contributed by atoms with E-state index in [4.69, 9.17) is 24.4 Å². The Morgan fingerprint density at radius 2 is 0.913 bits per heavy atom. The zero-order chi connectivity index (χ0) is 17.3. The second-order valence-corrected chi connectivity index (χ2v) is 5.53. The van der Waals surface area contributed by atoms with E-state index in [0.29, 0.717) is 0 Å². The first kappa shape index (κ1) is 18.9. The predicted molar refractivity (Wildman–Crippen MR) is 68.6 cm³/mol. The minimum atomic E-state index is -1.72. The van der Waals surface area contributed by atoms with Crippen molar-refractivity contribution in [2.45, 2.75) is 61.4 Å². The van der Waals surface area contributed by atoms with Crippen molar-refractivity contribution in [2.24, 2.45) is 0 Å². The lowest BCUT2D eigenvalue weighted by atomic mass is 9.98. The molecule has 2 rings (SSSR count). The van der Waals surface area contributed by atoms with Crippen molar-refractivity contribution in [1.29, 1.82) is 0 Å². The lowest BCUT2D eigenvalue weighted by Gasteiger charge is -2.44. The van der Waals surface area contributed by atoms with Gasteiger partial charge in [-0.2, -0.15) is 0 Å².